The lowest BCUT2D eigenvalue weighted by atomic mass is 9.73. The van der Waals surface area contributed by atoms with Crippen molar-refractivity contribution in [3.8, 4) is 23.0 Å². The Labute approximate surface area is 339 Å². The van der Waals surface area contributed by atoms with Crippen LogP contribution in [0.25, 0.3) is 32.3 Å². The lowest BCUT2D eigenvalue weighted by Gasteiger charge is -2.42. The molecule has 0 saturated heterocycles. The van der Waals surface area contributed by atoms with Gasteiger partial charge >= 0.3 is 0 Å². The summed E-state index contributed by atoms with van der Waals surface area (Å²) < 4.78 is 23.0. The van der Waals surface area contributed by atoms with Crippen LogP contribution < -0.4 is 28.7 Å². The lowest BCUT2D eigenvalue weighted by molar-refractivity contribution is 0.411. The highest BCUT2D eigenvalue weighted by atomic mass is 16.5. The second-order valence-electron chi connectivity index (χ2n) is 16.5. The van der Waals surface area contributed by atoms with Gasteiger partial charge in [-0.25, -0.2) is 0 Å². The monoisotopic (exact) mass is 762 g/mol. The molecule has 6 heteroatoms. The van der Waals surface area contributed by atoms with Crippen LogP contribution in [0.4, 0.5) is 34.1 Å². The fourth-order valence-corrected chi connectivity index (χ4v) is 9.67. The molecule has 8 aromatic carbocycles. The Bertz CT molecular complexity index is 2650. The van der Waals surface area contributed by atoms with Gasteiger partial charge in [-0.1, -0.05) is 64.1 Å². The molecule has 0 radical (unpaired) electrons. The largest absolute Gasteiger partial charge is 0.497 e. The molecule has 0 N–H and O–H groups in total. The molecule has 0 spiro atoms. The predicted octanol–water partition coefficient (Wildman–Crippen LogP) is 13.4. The number of fused-ring (bicyclic) bond motifs is 10. The molecule has 0 bridgehead atoms. The van der Waals surface area contributed by atoms with Crippen molar-refractivity contribution in [2.45, 2.75) is 38.5 Å². The van der Waals surface area contributed by atoms with Crippen LogP contribution in [0.15, 0.2) is 133 Å². The van der Waals surface area contributed by atoms with E-state index < -0.39 is 0 Å². The molecule has 0 saturated carbocycles. The highest BCUT2D eigenvalue weighted by Crippen LogP contribution is 2.56. The highest BCUT2D eigenvalue weighted by molar-refractivity contribution is 6.26. The van der Waals surface area contributed by atoms with E-state index in [0.717, 1.165) is 57.1 Å². The summed E-state index contributed by atoms with van der Waals surface area (Å²) in [5, 5.41) is 7.25. The Hall–Kier alpha value is -6.66. The third kappa shape index (κ3) is 5.10. The summed E-state index contributed by atoms with van der Waals surface area (Å²) in [5.41, 5.74) is 11.0. The molecule has 0 aromatic heterocycles. The quantitative estimate of drug-likeness (QED) is 0.157. The predicted molar refractivity (Wildman–Crippen MR) is 239 cm³/mol. The lowest BCUT2D eigenvalue weighted by Crippen LogP contribution is -2.30. The number of methoxy groups -OCH3 is 4. The van der Waals surface area contributed by atoms with Crippen LogP contribution in [0.5, 0.6) is 23.0 Å². The first-order valence-corrected chi connectivity index (χ1v) is 19.8. The minimum absolute atomic E-state index is 0.287. The van der Waals surface area contributed by atoms with Gasteiger partial charge < -0.3 is 28.7 Å². The first-order chi connectivity index (χ1) is 28.1. The smallest absolute Gasteiger partial charge is 0.119 e. The van der Waals surface area contributed by atoms with Gasteiger partial charge in [-0.05, 0) is 152 Å². The fraction of sp³-hybridized carbons (Fsp3) is 0.192. The summed E-state index contributed by atoms with van der Waals surface area (Å²) >= 11 is 0. The molecular weight excluding hydrogens is 717 g/mol. The van der Waals surface area contributed by atoms with Gasteiger partial charge in [0.1, 0.15) is 23.0 Å². The highest BCUT2D eigenvalue weighted by Gasteiger charge is 2.39. The fourth-order valence-electron chi connectivity index (χ4n) is 9.67. The Morgan fingerprint density at radius 1 is 0.328 bits per heavy atom. The average molecular weight is 763 g/mol. The molecule has 0 unspecified atom stereocenters. The van der Waals surface area contributed by atoms with Crippen molar-refractivity contribution in [3.05, 3.63) is 156 Å². The molecular formula is C52H46N2O4. The van der Waals surface area contributed by atoms with Gasteiger partial charge in [0.2, 0.25) is 0 Å². The van der Waals surface area contributed by atoms with Crippen molar-refractivity contribution in [2.24, 2.45) is 0 Å². The molecule has 2 aliphatic heterocycles. The van der Waals surface area contributed by atoms with Crippen LogP contribution >= 0.6 is 0 Å². The molecule has 58 heavy (non-hydrogen) atoms. The Kier molecular flexibility index (Phi) is 7.97. The Morgan fingerprint density at radius 2 is 0.621 bits per heavy atom. The molecule has 8 aromatic rings. The minimum Gasteiger partial charge on any atom is -0.497 e. The van der Waals surface area contributed by atoms with E-state index >= 15 is 0 Å². The van der Waals surface area contributed by atoms with Gasteiger partial charge in [-0.15, -0.1) is 0 Å². The maximum absolute atomic E-state index is 5.75. The zero-order valence-electron chi connectivity index (χ0n) is 34.2. The zero-order valence-corrected chi connectivity index (χ0v) is 34.2. The Balaban J connectivity index is 1.19. The van der Waals surface area contributed by atoms with Gasteiger partial charge in [-0.2, -0.15) is 0 Å². The van der Waals surface area contributed by atoms with Crippen LogP contribution in [-0.2, 0) is 10.8 Å². The first-order valence-electron chi connectivity index (χ1n) is 19.8. The van der Waals surface area contributed by atoms with E-state index in [-0.39, 0.29) is 10.8 Å². The summed E-state index contributed by atoms with van der Waals surface area (Å²) in [6.45, 7) is 9.13. The minimum atomic E-state index is -0.287. The summed E-state index contributed by atoms with van der Waals surface area (Å²) in [6.07, 6.45) is 0. The molecule has 0 fully saturated rings. The van der Waals surface area contributed by atoms with E-state index in [1.165, 1.54) is 54.6 Å². The van der Waals surface area contributed by atoms with Crippen LogP contribution in [0.3, 0.4) is 0 Å². The van der Waals surface area contributed by atoms with Crippen LogP contribution in [-0.4, -0.2) is 28.4 Å². The summed E-state index contributed by atoms with van der Waals surface area (Å²) in [4.78, 5) is 4.79. The average Bonchev–Trinajstić information content (AvgIpc) is 3.26. The third-order valence-corrected chi connectivity index (χ3v) is 12.8. The van der Waals surface area contributed by atoms with E-state index in [1.807, 2.05) is 0 Å². The van der Waals surface area contributed by atoms with Crippen molar-refractivity contribution < 1.29 is 18.9 Å². The van der Waals surface area contributed by atoms with Crippen LogP contribution in [0.2, 0.25) is 0 Å². The van der Waals surface area contributed by atoms with Gasteiger partial charge in [0, 0.05) is 22.2 Å². The standard InChI is InChI=1S/C52H46N2O4/c1-51(2)43-27-33(55-5)15-21-47(43)53(48-22-16-34(56-6)28-44(48)51)31-13-19-39-40-20-14-32(26-42(40)38-12-10-9-11-37(38)41(39)25-31)54-49-23-17-35(57-7)29-45(49)52(3,4)46-30-36(58-8)18-24-50(46)54/h9-30H,1-8H3. The summed E-state index contributed by atoms with van der Waals surface area (Å²) in [6, 6.07) is 48.4. The number of nitrogens with zero attached hydrogens (tertiary/aromatic N) is 2. The molecule has 0 amide bonds. The van der Waals surface area contributed by atoms with Crippen molar-refractivity contribution in [3.63, 3.8) is 0 Å². The van der Waals surface area contributed by atoms with E-state index in [9.17, 15) is 0 Å². The molecule has 0 atom stereocenters. The number of ether oxygens (including phenoxy) is 4. The second kappa shape index (κ2) is 12.9. The van der Waals surface area contributed by atoms with Gasteiger partial charge in [0.05, 0.1) is 51.2 Å². The maximum Gasteiger partial charge on any atom is 0.119 e. The van der Waals surface area contributed by atoms with Gasteiger partial charge in [0.15, 0.2) is 0 Å². The van der Waals surface area contributed by atoms with E-state index in [2.05, 4.69) is 171 Å². The number of rotatable bonds is 6. The van der Waals surface area contributed by atoms with Crippen molar-refractivity contribution in [1.82, 2.24) is 0 Å². The van der Waals surface area contributed by atoms with Crippen molar-refractivity contribution >= 4 is 66.4 Å². The topological polar surface area (TPSA) is 43.4 Å². The normalized spacial score (nSPS) is 14.8. The third-order valence-electron chi connectivity index (χ3n) is 12.8. The molecule has 288 valence electrons. The van der Waals surface area contributed by atoms with Crippen LogP contribution in [0.1, 0.15) is 49.9 Å². The van der Waals surface area contributed by atoms with Gasteiger partial charge in [-0.3, -0.25) is 0 Å². The van der Waals surface area contributed by atoms with Crippen LogP contribution in [0, 0.1) is 0 Å². The number of anilines is 6. The van der Waals surface area contributed by atoms with Crippen molar-refractivity contribution in [1.29, 1.82) is 0 Å². The van der Waals surface area contributed by atoms with Gasteiger partial charge in [0.25, 0.3) is 0 Å². The SMILES string of the molecule is COc1ccc2c(c1)C(C)(C)c1cc(OC)ccc1N2c1ccc2c3ccc(N4c5ccc(OC)cc5C(C)(C)c5cc(OC)ccc54)cc3c3ccccc3c2c1. The molecule has 6 nitrogen and oxygen atoms in total. The summed E-state index contributed by atoms with van der Waals surface area (Å²) in [5.74, 6) is 3.36. The maximum atomic E-state index is 5.75. The Morgan fingerprint density at radius 3 is 0.914 bits per heavy atom. The molecule has 10 rings (SSSR count). The molecule has 2 aliphatic rings. The number of hydrogen-bond acceptors (Lipinski definition) is 6. The second-order valence-corrected chi connectivity index (χ2v) is 16.5. The van der Waals surface area contributed by atoms with Crippen molar-refractivity contribution in [2.75, 3.05) is 38.2 Å². The number of hydrogen-bond donors (Lipinski definition) is 0. The van der Waals surface area contributed by atoms with E-state index in [1.54, 1.807) is 28.4 Å². The summed E-state index contributed by atoms with van der Waals surface area (Å²) in [7, 11) is 6.92. The first kappa shape index (κ1) is 35.7. The van der Waals surface area contributed by atoms with E-state index in [0.29, 0.717) is 0 Å². The molecule has 0 aliphatic carbocycles. The molecule has 2 heterocycles. The number of benzene rings is 8. The zero-order chi connectivity index (χ0) is 40.1. The van der Waals surface area contributed by atoms with E-state index in [4.69, 9.17) is 18.9 Å².